The topological polar surface area (TPSA) is 43.8 Å². The van der Waals surface area contributed by atoms with Gasteiger partial charge in [-0.05, 0) is 24.7 Å². The largest absolute Gasteiger partial charge is 0.330 e. The first-order valence-electron chi connectivity index (χ1n) is 4.91. The molecule has 0 radical (unpaired) electrons. The molecule has 0 aliphatic carbocycles. The number of benzene rings is 1. The summed E-state index contributed by atoms with van der Waals surface area (Å²) < 4.78 is 1.71. The van der Waals surface area contributed by atoms with E-state index in [0.29, 0.717) is 16.6 Å². The molecule has 2 N–H and O–H groups in total. The van der Waals surface area contributed by atoms with Crippen molar-refractivity contribution in [2.45, 2.75) is 6.42 Å². The van der Waals surface area contributed by atoms with Crippen LogP contribution in [0, 0.1) is 0 Å². The standard InChI is InChI=1S/C11H11Cl2N3/c12-9-2-1-3-10(11(9)13)16-7-5-8(15-16)4-6-14/h1-3,5,7H,4,6,14H2. The van der Waals surface area contributed by atoms with Gasteiger partial charge in [0.05, 0.1) is 21.4 Å². The van der Waals surface area contributed by atoms with Gasteiger partial charge in [0.15, 0.2) is 0 Å². The van der Waals surface area contributed by atoms with Crippen molar-refractivity contribution in [2.75, 3.05) is 6.54 Å². The summed E-state index contributed by atoms with van der Waals surface area (Å²) in [7, 11) is 0. The minimum absolute atomic E-state index is 0.506. The molecule has 0 aliphatic heterocycles. The summed E-state index contributed by atoms with van der Waals surface area (Å²) in [5, 5.41) is 5.40. The van der Waals surface area contributed by atoms with Crippen LogP contribution in [0.4, 0.5) is 0 Å². The highest BCUT2D eigenvalue weighted by atomic mass is 35.5. The minimum Gasteiger partial charge on any atom is -0.330 e. The van der Waals surface area contributed by atoms with E-state index in [1.54, 1.807) is 10.7 Å². The molecule has 3 nitrogen and oxygen atoms in total. The molecule has 0 fully saturated rings. The number of nitrogens with two attached hydrogens (primary N) is 1. The molecule has 2 aromatic rings. The third kappa shape index (κ3) is 2.21. The molecular formula is C11H11Cl2N3. The number of nitrogens with zero attached hydrogens (tertiary/aromatic N) is 2. The zero-order valence-electron chi connectivity index (χ0n) is 8.53. The molecule has 84 valence electrons. The Hall–Kier alpha value is -1.03. The van der Waals surface area contributed by atoms with Gasteiger partial charge in [0.1, 0.15) is 0 Å². The lowest BCUT2D eigenvalue weighted by Gasteiger charge is -2.05. The number of hydrogen-bond donors (Lipinski definition) is 1. The normalized spacial score (nSPS) is 10.7. The van der Waals surface area contributed by atoms with Crippen LogP contribution in [-0.4, -0.2) is 16.3 Å². The Bertz CT molecular complexity index is 494. The Labute approximate surface area is 104 Å². The van der Waals surface area contributed by atoms with Crippen molar-refractivity contribution in [1.82, 2.24) is 9.78 Å². The lowest BCUT2D eigenvalue weighted by atomic mass is 10.3. The van der Waals surface area contributed by atoms with E-state index in [1.807, 2.05) is 24.4 Å². The molecule has 5 heteroatoms. The Balaban J connectivity index is 2.39. The molecule has 0 aliphatic rings. The first-order chi connectivity index (χ1) is 7.72. The Morgan fingerprint density at radius 1 is 1.25 bits per heavy atom. The van der Waals surface area contributed by atoms with Crippen molar-refractivity contribution in [3.63, 3.8) is 0 Å². The van der Waals surface area contributed by atoms with Gasteiger partial charge < -0.3 is 5.73 Å². The van der Waals surface area contributed by atoms with E-state index in [9.17, 15) is 0 Å². The van der Waals surface area contributed by atoms with E-state index >= 15 is 0 Å². The maximum Gasteiger partial charge on any atom is 0.0849 e. The van der Waals surface area contributed by atoms with Gasteiger partial charge in [-0.1, -0.05) is 29.3 Å². The summed E-state index contributed by atoms with van der Waals surface area (Å²) in [5.41, 5.74) is 7.18. The summed E-state index contributed by atoms with van der Waals surface area (Å²) in [6, 6.07) is 7.38. The smallest absolute Gasteiger partial charge is 0.0849 e. The Kier molecular flexibility index (Phi) is 3.49. The fourth-order valence-corrected chi connectivity index (χ4v) is 1.83. The first-order valence-corrected chi connectivity index (χ1v) is 5.67. The maximum atomic E-state index is 6.10. The average molecular weight is 256 g/mol. The Morgan fingerprint density at radius 2 is 2.06 bits per heavy atom. The van der Waals surface area contributed by atoms with Crippen molar-refractivity contribution in [2.24, 2.45) is 5.73 Å². The highest BCUT2D eigenvalue weighted by molar-refractivity contribution is 6.43. The second kappa shape index (κ2) is 4.87. The van der Waals surface area contributed by atoms with Gasteiger partial charge in [0.25, 0.3) is 0 Å². The fourth-order valence-electron chi connectivity index (χ4n) is 1.45. The molecule has 1 heterocycles. The van der Waals surface area contributed by atoms with Crippen molar-refractivity contribution in [3.05, 3.63) is 46.2 Å². The van der Waals surface area contributed by atoms with Crippen LogP contribution in [0.5, 0.6) is 0 Å². The van der Waals surface area contributed by atoms with Gasteiger partial charge in [0, 0.05) is 12.6 Å². The minimum atomic E-state index is 0.506. The summed E-state index contributed by atoms with van der Waals surface area (Å²) in [6.45, 7) is 0.584. The number of aromatic nitrogens is 2. The van der Waals surface area contributed by atoms with Crippen molar-refractivity contribution >= 4 is 23.2 Å². The van der Waals surface area contributed by atoms with Crippen LogP contribution < -0.4 is 5.73 Å². The highest BCUT2D eigenvalue weighted by Gasteiger charge is 2.07. The summed E-state index contributed by atoms with van der Waals surface area (Å²) in [4.78, 5) is 0. The molecule has 0 spiro atoms. The summed E-state index contributed by atoms with van der Waals surface area (Å²) in [5.74, 6) is 0. The van der Waals surface area contributed by atoms with Crippen LogP contribution in [0.2, 0.25) is 10.0 Å². The fraction of sp³-hybridized carbons (Fsp3) is 0.182. The van der Waals surface area contributed by atoms with E-state index in [1.165, 1.54) is 0 Å². The number of hydrogen-bond acceptors (Lipinski definition) is 2. The molecule has 0 amide bonds. The van der Waals surface area contributed by atoms with Gasteiger partial charge in [-0.25, -0.2) is 4.68 Å². The second-order valence-electron chi connectivity index (χ2n) is 3.36. The van der Waals surface area contributed by atoms with Crippen LogP contribution >= 0.6 is 23.2 Å². The van der Waals surface area contributed by atoms with Crippen LogP contribution in [0.1, 0.15) is 5.69 Å². The van der Waals surface area contributed by atoms with Crippen LogP contribution in [0.3, 0.4) is 0 Å². The molecule has 16 heavy (non-hydrogen) atoms. The molecule has 1 aromatic carbocycles. The van der Waals surface area contributed by atoms with Crippen molar-refractivity contribution in [1.29, 1.82) is 0 Å². The molecule has 0 saturated carbocycles. The SMILES string of the molecule is NCCc1ccn(-c2cccc(Cl)c2Cl)n1. The Morgan fingerprint density at radius 3 is 2.81 bits per heavy atom. The predicted molar refractivity (Wildman–Crippen MR) is 66.3 cm³/mol. The summed E-state index contributed by atoms with van der Waals surface area (Å²) >= 11 is 12.0. The van der Waals surface area contributed by atoms with Gasteiger partial charge in [-0.15, -0.1) is 0 Å². The molecule has 0 bridgehead atoms. The van der Waals surface area contributed by atoms with E-state index in [-0.39, 0.29) is 0 Å². The lowest BCUT2D eigenvalue weighted by Crippen LogP contribution is -2.04. The van der Waals surface area contributed by atoms with E-state index < -0.39 is 0 Å². The van der Waals surface area contributed by atoms with E-state index in [2.05, 4.69) is 5.10 Å². The van der Waals surface area contributed by atoms with Gasteiger partial charge in [-0.3, -0.25) is 0 Å². The molecular weight excluding hydrogens is 245 g/mol. The molecule has 1 aromatic heterocycles. The van der Waals surface area contributed by atoms with Crippen molar-refractivity contribution < 1.29 is 0 Å². The molecule has 0 saturated heterocycles. The van der Waals surface area contributed by atoms with Gasteiger partial charge in [0.2, 0.25) is 0 Å². The van der Waals surface area contributed by atoms with Gasteiger partial charge >= 0.3 is 0 Å². The quantitative estimate of drug-likeness (QED) is 0.917. The van der Waals surface area contributed by atoms with Gasteiger partial charge in [-0.2, -0.15) is 5.10 Å². The van der Waals surface area contributed by atoms with Crippen LogP contribution in [0.15, 0.2) is 30.5 Å². The van der Waals surface area contributed by atoms with Crippen LogP contribution in [-0.2, 0) is 6.42 Å². The third-order valence-corrected chi connectivity index (χ3v) is 3.03. The zero-order chi connectivity index (χ0) is 11.5. The zero-order valence-corrected chi connectivity index (χ0v) is 10.0. The first kappa shape index (κ1) is 11.5. The molecule has 2 rings (SSSR count). The van der Waals surface area contributed by atoms with E-state index in [4.69, 9.17) is 28.9 Å². The average Bonchev–Trinajstić information content (AvgIpc) is 2.71. The molecule has 0 unspecified atom stereocenters. The third-order valence-electron chi connectivity index (χ3n) is 2.22. The van der Waals surface area contributed by atoms with Crippen LogP contribution in [0.25, 0.3) is 5.69 Å². The summed E-state index contributed by atoms with van der Waals surface area (Å²) in [6.07, 6.45) is 2.60. The maximum absolute atomic E-state index is 6.10. The lowest BCUT2D eigenvalue weighted by molar-refractivity contribution is 0.822. The van der Waals surface area contributed by atoms with Crippen molar-refractivity contribution in [3.8, 4) is 5.69 Å². The number of rotatable bonds is 3. The van der Waals surface area contributed by atoms with E-state index in [0.717, 1.165) is 17.8 Å². The highest BCUT2D eigenvalue weighted by Crippen LogP contribution is 2.27. The second-order valence-corrected chi connectivity index (χ2v) is 4.15. The molecule has 0 atom stereocenters. The number of halogens is 2. The monoisotopic (exact) mass is 255 g/mol. The predicted octanol–water partition coefficient (Wildman–Crippen LogP) is 2.68.